The maximum absolute atomic E-state index is 4.66. The van der Waals surface area contributed by atoms with Crippen LogP contribution in [0, 0.1) is 5.92 Å². The van der Waals surface area contributed by atoms with Crippen LogP contribution >= 0.6 is 0 Å². The summed E-state index contributed by atoms with van der Waals surface area (Å²) in [7, 11) is 0. The number of piperidine rings is 1. The molecule has 2 aliphatic rings. The Labute approximate surface area is 153 Å². The minimum Gasteiger partial charge on any atom is -0.354 e. The van der Waals surface area contributed by atoms with Gasteiger partial charge < -0.3 is 10.6 Å². The molecule has 1 saturated heterocycles. The molecule has 2 unspecified atom stereocenters. The highest BCUT2D eigenvalue weighted by Crippen LogP contribution is 2.34. The number of benzene rings is 1. The molecule has 0 aromatic heterocycles. The van der Waals surface area contributed by atoms with E-state index in [4.69, 9.17) is 0 Å². The van der Waals surface area contributed by atoms with E-state index in [1.165, 1.54) is 37.7 Å². The molecule has 0 spiro atoms. The Morgan fingerprint density at radius 1 is 1.12 bits per heavy atom. The Morgan fingerprint density at radius 3 is 2.56 bits per heavy atom. The summed E-state index contributed by atoms with van der Waals surface area (Å²) in [6, 6.07) is 12.0. The van der Waals surface area contributed by atoms with Gasteiger partial charge in [-0.3, -0.25) is 9.89 Å². The fourth-order valence-electron chi connectivity index (χ4n) is 3.85. The lowest BCUT2D eigenvalue weighted by Crippen LogP contribution is -2.49. The van der Waals surface area contributed by atoms with Crippen LogP contribution in [0.4, 0.5) is 0 Å². The largest absolute Gasteiger partial charge is 0.354 e. The number of rotatable bonds is 7. The lowest BCUT2D eigenvalue weighted by atomic mass is 10.0. The Bertz CT molecular complexity index is 534. The minimum absolute atomic E-state index is 0.549. The van der Waals surface area contributed by atoms with Gasteiger partial charge in [-0.15, -0.1) is 0 Å². The molecule has 1 aromatic rings. The van der Waals surface area contributed by atoms with Crippen LogP contribution in [-0.2, 0) is 6.54 Å². The Kier molecular flexibility index (Phi) is 6.74. The molecule has 1 saturated carbocycles. The monoisotopic (exact) mass is 342 g/mol. The molecule has 2 atom stereocenters. The first kappa shape index (κ1) is 18.2. The third-order valence-electron chi connectivity index (χ3n) is 5.40. The molecule has 1 aliphatic heterocycles. The van der Waals surface area contributed by atoms with E-state index in [9.17, 15) is 0 Å². The standard InChI is InChI=1S/C21H34N4/c1-3-8-18-15-20(18)24-21(22-4-2)23-19-11-13-25(14-12-19)16-17-9-6-5-7-10-17/h5-7,9-10,18-20H,3-4,8,11-16H2,1-2H3,(H2,22,23,24). The van der Waals surface area contributed by atoms with Gasteiger partial charge >= 0.3 is 0 Å². The first-order valence-electron chi connectivity index (χ1n) is 10.1. The summed E-state index contributed by atoms with van der Waals surface area (Å²) >= 11 is 0. The van der Waals surface area contributed by atoms with Crippen molar-refractivity contribution in [3.8, 4) is 0 Å². The lowest BCUT2D eigenvalue weighted by molar-refractivity contribution is 0.198. The van der Waals surface area contributed by atoms with Gasteiger partial charge in [-0.25, -0.2) is 0 Å². The maximum Gasteiger partial charge on any atom is 0.191 e. The second kappa shape index (κ2) is 9.23. The van der Waals surface area contributed by atoms with Gasteiger partial charge in [0.05, 0.1) is 0 Å². The highest BCUT2D eigenvalue weighted by atomic mass is 15.2. The van der Waals surface area contributed by atoms with Crippen molar-refractivity contribution in [1.29, 1.82) is 0 Å². The van der Waals surface area contributed by atoms with Crippen molar-refractivity contribution in [3.05, 3.63) is 35.9 Å². The summed E-state index contributed by atoms with van der Waals surface area (Å²) in [4.78, 5) is 7.23. The van der Waals surface area contributed by atoms with E-state index in [0.717, 1.165) is 38.1 Å². The number of hydrogen-bond donors (Lipinski definition) is 2. The van der Waals surface area contributed by atoms with E-state index in [2.05, 4.69) is 64.7 Å². The van der Waals surface area contributed by atoms with Crippen molar-refractivity contribution < 1.29 is 0 Å². The minimum atomic E-state index is 0.549. The second-order valence-corrected chi connectivity index (χ2v) is 7.54. The zero-order valence-electron chi connectivity index (χ0n) is 15.9. The van der Waals surface area contributed by atoms with Crippen LogP contribution in [0.3, 0.4) is 0 Å². The zero-order chi connectivity index (χ0) is 17.5. The van der Waals surface area contributed by atoms with E-state index >= 15 is 0 Å². The van der Waals surface area contributed by atoms with Crippen LogP contribution in [0.25, 0.3) is 0 Å². The quantitative estimate of drug-likeness (QED) is 0.589. The molecule has 3 rings (SSSR count). The van der Waals surface area contributed by atoms with Crippen LogP contribution < -0.4 is 10.6 Å². The predicted octanol–water partition coefficient (Wildman–Crippen LogP) is 3.39. The van der Waals surface area contributed by atoms with Crippen molar-refractivity contribution >= 4 is 5.96 Å². The third-order valence-corrected chi connectivity index (χ3v) is 5.40. The van der Waals surface area contributed by atoms with Gasteiger partial charge in [-0.1, -0.05) is 43.7 Å². The second-order valence-electron chi connectivity index (χ2n) is 7.54. The fraction of sp³-hybridized carbons (Fsp3) is 0.667. The SMILES string of the molecule is CCCC1CC1NC(=NCC)NC1CCN(Cc2ccccc2)CC1. The van der Waals surface area contributed by atoms with Gasteiger partial charge in [0.2, 0.25) is 0 Å². The van der Waals surface area contributed by atoms with Crippen molar-refractivity contribution in [1.82, 2.24) is 15.5 Å². The highest BCUT2D eigenvalue weighted by Gasteiger charge is 2.36. The average molecular weight is 343 g/mol. The molecule has 1 aromatic carbocycles. The van der Waals surface area contributed by atoms with E-state index in [-0.39, 0.29) is 0 Å². The number of aliphatic imine (C=N–C) groups is 1. The molecule has 0 amide bonds. The van der Waals surface area contributed by atoms with Gasteiger partial charge in [-0.05, 0) is 44.1 Å². The van der Waals surface area contributed by atoms with Crippen LogP contribution in [0.2, 0.25) is 0 Å². The fourth-order valence-corrected chi connectivity index (χ4v) is 3.85. The zero-order valence-corrected chi connectivity index (χ0v) is 15.9. The molecule has 138 valence electrons. The summed E-state index contributed by atoms with van der Waals surface area (Å²) in [5.74, 6) is 1.90. The molecule has 2 N–H and O–H groups in total. The van der Waals surface area contributed by atoms with Crippen molar-refractivity contribution in [2.75, 3.05) is 19.6 Å². The number of guanidine groups is 1. The molecule has 25 heavy (non-hydrogen) atoms. The van der Waals surface area contributed by atoms with Crippen molar-refractivity contribution in [2.45, 2.75) is 64.6 Å². The predicted molar refractivity (Wildman–Crippen MR) is 106 cm³/mol. The van der Waals surface area contributed by atoms with Gasteiger partial charge in [0, 0.05) is 38.3 Å². The number of hydrogen-bond acceptors (Lipinski definition) is 2. The Hall–Kier alpha value is -1.55. The third kappa shape index (κ3) is 5.74. The number of nitrogens with one attached hydrogen (secondary N) is 2. The van der Waals surface area contributed by atoms with Gasteiger partial charge in [0.1, 0.15) is 0 Å². The Morgan fingerprint density at radius 2 is 1.88 bits per heavy atom. The normalized spacial score (nSPS) is 25.0. The average Bonchev–Trinajstić information content (AvgIpc) is 3.35. The first-order chi connectivity index (χ1) is 12.3. The van der Waals surface area contributed by atoms with Crippen LogP contribution in [0.1, 0.15) is 51.5 Å². The van der Waals surface area contributed by atoms with Crippen molar-refractivity contribution in [2.24, 2.45) is 10.9 Å². The van der Waals surface area contributed by atoms with E-state index in [0.29, 0.717) is 12.1 Å². The van der Waals surface area contributed by atoms with Gasteiger partial charge in [0.15, 0.2) is 5.96 Å². The topological polar surface area (TPSA) is 39.7 Å². The summed E-state index contributed by atoms with van der Waals surface area (Å²) in [5.41, 5.74) is 1.42. The van der Waals surface area contributed by atoms with Crippen LogP contribution in [-0.4, -0.2) is 42.6 Å². The molecule has 0 radical (unpaired) electrons. The molecule has 2 fully saturated rings. The molecule has 4 heteroatoms. The molecular formula is C21H34N4. The van der Waals surface area contributed by atoms with Gasteiger partial charge in [-0.2, -0.15) is 0 Å². The molecule has 1 heterocycles. The maximum atomic E-state index is 4.66. The summed E-state index contributed by atoms with van der Waals surface area (Å²) < 4.78 is 0. The number of nitrogens with zero attached hydrogens (tertiary/aromatic N) is 2. The first-order valence-corrected chi connectivity index (χ1v) is 10.1. The molecule has 4 nitrogen and oxygen atoms in total. The summed E-state index contributed by atoms with van der Waals surface area (Å²) in [5, 5.41) is 7.34. The van der Waals surface area contributed by atoms with E-state index < -0.39 is 0 Å². The summed E-state index contributed by atoms with van der Waals surface area (Å²) in [6.45, 7) is 8.62. The molecule has 1 aliphatic carbocycles. The highest BCUT2D eigenvalue weighted by molar-refractivity contribution is 5.80. The van der Waals surface area contributed by atoms with Gasteiger partial charge in [0.25, 0.3) is 0 Å². The van der Waals surface area contributed by atoms with Crippen LogP contribution in [0.15, 0.2) is 35.3 Å². The van der Waals surface area contributed by atoms with E-state index in [1.807, 2.05) is 0 Å². The number of likely N-dealkylation sites (tertiary alicyclic amines) is 1. The molecular weight excluding hydrogens is 308 g/mol. The lowest BCUT2D eigenvalue weighted by Gasteiger charge is -2.33. The van der Waals surface area contributed by atoms with E-state index in [1.54, 1.807) is 0 Å². The summed E-state index contributed by atoms with van der Waals surface area (Å²) in [6.07, 6.45) is 6.33. The Balaban J connectivity index is 1.41. The smallest absolute Gasteiger partial charge is 0.191 e. The van der Waals surface area contributed by atoms with Crippen LogP contribution in [0.5, 0.6) is 0 Å². The van der Waals surface area contributed by atoms with Crippen molar-refractivity contribution in [3.63, 3.8) is 0 Å². The molecule has 0 bridgehead atoms.